The number of H-pyrrole nitrogens is 1. The van der Waals surface area contributed by atoms with Crippen molar-refractivity contribution in [3.63, 3.8) is 0 Å². The molecule has 0 spiro atoms. The van der Waals surface area contributed by atoms with E-state index in [9.17, 15) is 14.0 Å². The molecule has 2 N–H and O–H groups in total. The predicted octanol–water partition coefficient (Wildman–Crippen LogP) is 1.61. The van der Waals surface area contributed by atoms with Crippen molar-refractivity contribution in [2.24, 2.45) is 0 Å². The van der Waals surface area contributed by atoms with Crippen LogP contribution in [0.1, 0.15) is 27.5 Å². The Hall–Kier alpha value is -2.47. The molecule has 1 aromatic heterocycles. The summed E-state index contributed by atoms with van der Waals surface area (Å²) in [4.78, 5) is 28.5. The Kier molecular flexibility index (Phi) is 4.25. The normalized spacial score (nSPS) is 18.0. The first kappa shape index (κ1) is 15.4. The molecule has 1 atom stereocenters. The molecule has 0 saturated carbocycles. The molecule has 6 heteroatoms. The van der Waals surface area contributed by atoms with E-state index in [1.54, 1.807) is 17.9 Å². The van der Waals surface area contributed by atoms with Crippen molar-refractivity contribution in [1.82, 2.24) is 15.2 Å². The van der Waals surface area contributed by atoms with Crippen molar-refractivity contribution in [3.05, 3.63) is 69.4 Å². The molecule has 1 aliphatic rings. The molecule has 1 aliphatic heterocycles. The number of carbonyl (C=O) groups excluding carboxylic acids is 1. The highest BCUT2D eigenvalue weighted by Gasteiger charge is 2.29. The Morgan fingerprint density at radius 2 is 2.17 bits per heavy atom. The van der Waals surface area contributed by atoms with Gasteiger partial charge in [-0.3, -0.25) is 9.59 Å². The van der Waals surface area contributed by atoms with Gasteiger partial charge in [0.15, 0.2) is 0 Å². The van der Waals surface area contributed by atoms with Crippen LogP contribution in [0.15, 0.2) is 41.3 Å². The van der Waals surface area contributed by atoms with Crippen LogP contribution in [-0.4, -0.2) is 35.4 Å². The van der Waals surface area contributed by atoms with Crippen molar-refractivity contribution in [1.29, 1.82) is 0 Å². The van der Waals surface area contributed by atoms with Gasteiger partial charge in [-0.2, -0.15) is 0 Å². The molecule has 0 radical (unpaired) electrons. The fourth-order valence-electron chi connectivity index (χ4n) is 2.92. The lowest BCUT2D eigenvalue weighted by atomic mass is 10.0. The summed E-state index contributed by atoms with van der Waals surface area (Å²) < 4.78 is 13.5. The van der Waals surface area contributed by atoms with Crippen LogP contribution in [0.2, 0.25) is 0 Å². The first-order valence-electron chi connectivity index (χ1n) is 7.53. The van der Waals surface area contributed by atoms with Crippen LogP contribution in [-0.2, 0) is 0 Å². The second kappa shape index (κ2) is 6.34. The third kappa shape index (κ3) is 3.17. The maximum atomic E-state index is 13.5. The maximum Gasteiger partial charge on any atom is 0.256 e. The van der Waals surface area contributed by atoms with E-state index in [-0.39, 0.29) is 23.3 Å². The van der Waals surface area contributed by atoms with Crippen LogP contribution in [0.4, 0.5) is 4.39 Å². The van der Waals surface area contributed by atoms with Gasteiger partial charge in [0, 0.05) is 31.9 Å². The highest BCUT2D eigenvalue weighted by Crippen LogP contribution is 2.25. The minimum Gasteiger partial charge on any atom is -0.329 e. The molecule has 1 amide bonds. The van der Waals surface area contributed by atoms with Crippen LogP contribution in [0, 0.1) is 12.7 Å². The van der Waals surface area contributed by atoms with Crippen LogP contribution < -0.4 is 10.9 Å². The molecule has 2 heterocycles. The minimum absolute atomic E-state index is 0.158. The largest absolute Gasteiger partial charge is 0.329 e. The number of aryl methyl sites for hydroxylation is 1. The van der Waals surface area contributed by atoms with Gasteiger partial charge < -0.3 is 15.2 Å². The summed E-state index contributed by atoms with van der Waals surface area (Å²) in [5.41, 5.74) is 1.62. The number of hydrogen-bond donors (Lipinski definition) is 2. The topological polar surface area (TPSA) is 65.2 Å². The summed E-state index contributed by atoms with van der Waals surface area (Å²) in [6.45, 7) is 3.51. The van der Waals surface area contributed by atoms with E-state index >= 15 is 0 Å². The molecule has 3 rings (SSSR count). The fourth-order valence-corrected chi connectivity index (χ4v) is 2.92. The molecular formula is C17H18FN3O2. The van der Waals surface area contributed by atoms with E-state index in [0.717, 1.165) is 5.56 Å². The lowest BCUT2D eigenvalue weighted by molar-refractivity contribution is 0.0632. The van der Waals surface area contributed by atoms with Crippen LogP contribution >= 0.6 is 0 Å². The van der Waals surface area contributed by atoms with Crippen molar-refractivity contribution >= 4 is 5.91 Å². The molecule has 0 aliphatic carbocycles. The average molecular weight is 315 g/mol. The monoisotopic (exact) mass is 315 g/mol. The third-order valence-corrected chi connectivity index (χ3v) is 4.10. The Bertz CT molecular complexity index is 787. The van der Waals surface area contributed by atoms with Gasteiger partial charge in [-0.1, -0.05) is 12.1 Å². The molecule has 23 heavy (non-hydrogen) atoms. The number of amides is 1. The van der Waals surface area contributed by atoms with Crippen molar-refractivity contribution in [2.75, 3.05) is 19.6 Å². The number of pyridine rings is 1. The quantitative estimate of drug-likeness (QED) is 0.885. The van der Waals surface area contributed by atoms with Gasteiger partial charge in [0.2, 0.25) is 5.56 Å². The number of nitrogens with zero attached hydrogens (tertiary/aromatic N) is 1. The zero-order chi connectivity index (χ0) is 16.4. The van der Waals surface area contributed by atoms with E-state index in [2.05, 4.69) is 10.3 Å². The molecule has 120 valence electrons. The minimum atomic E-state index is -0.319. The molecule has 5 nitrogen and oxygen atoms in total. The molecule has 1 fully saturated rings. The van der Waals surface area contributed by atoms with Crippen molar-refractivity contribution in [3.8, 4) is 0 Å². The zero-order valence-corrected chi connectivity index (χ0v) is 12.8. The van der Waals surface area contributed by atoms with Gasteiger partial charge in [-0.25, -0.2) is 4.39 Å². The van der Waals surface area contributed by atoms with Crippen LogP contribution in [0.25, 0.3) is 0 Å². The molecule has 1 unspecified atom stereocenters. The first-order valence-corrected chi connectivity index (χ1v) is 7.53. The number of nitrogens with one attached hydrogen (secondary N) is 2. The highest BCUT2D eigenvalue weighted by atomic mass is 19.1. The van der Waals surface area contributed by atoms with E-state index in [1.807, 2.05) is 6.07 Å². The van der Waals surface area contributed by atoms with Gasteiger partial charge in [0.05, 0.1) is 11.6 Å². The predicted molar refractivity (Wildman–Crippen MR) is 84.8 cm³/mol. The van der Waals surface area contributed by atoms with E-state index in [1.165, 1.54) is 24.4 Å². The SMILES string of the molecule is Cc1cc(=O)[nH]cc1C(=O)N1CCNCC1c1cccc(F)c1. The summed E-state index contributed by atoms with van der Waals surface area (Å²) >= 11 is 0. The number of rotatable bonds is 2. The zero-order valence-electron chi connectivity index (χ0n) is 12.8. The number of aromatic nitrogens is 1. The number of benzene rings is 1. The number of aromatic amines is 1. The van der Waals surface area contributed by atoms with Gasteiger partial charge in [0.25, 0.3) is 5.91 Å². The summed E-state index contributed by atoms with van der Waals surface area (Å²) in [6, 6.07) is 7.48. The lowest BCUT2D eigenvalue weighted by Crippen LogP contribution is -2.49. The van der Waals surface area contributed by atoms with Crippen molar-refractivity contribution < 1.29 is 9.18 Å². The molecule has 2 aromatic rings. The van der Waals surface area contributed by atoms with Gasteiger partial charge in [-0.15, -0.1) is 0 Å². The summed E-state index contributed by atoms with van der Waals surface area (Å²) in [6.07, 6.45) is 1.45. The van der Waals surface area contributed by atoms with Crippen LogP contribution in [0.3, 0.4) is 0 Å². The number of halogens is 1. The van der Waals surface area contributed by atoms with Crippen molar-refractivity contribution in [2.45, 2.75) is 13.0 Å². The maximum absolute atomic E-state index is 13.5. The Labute approximate surface area is 133 Å². The van der Waals surface area contributed by atoms with Gasteiger partial charge >= 0.3 is 0 Å². The molecule has 1 aromatic carbocycles. The second-order valence-electron chi connectivity index (χ2n) is 5.67. The van der Waals surface area contributed by atoms with Gasteiger partial charge in [-0.05, 0) is 30.2 Å². The second-order valence-corrected chi connectivity index (χ2v) is 5.67. The smallest absolute Gasteiger partial charge is 0.256 e. The summed E-state index contributed by atoms with van der Waals surface area (Å²) in [7, 11) is 0. The number of piperazine rings is 1. The van der Waals surface area contributed by atoms with E-state index in [4.69, 9.17) is 0 Å². The Morgan fingerprint density at radius 3 is 2.91 bits per heavy atom. The molecular weight excluding hydrogens is 297 g/mol. The van der Waals surface area contributed by atoms with Crippen LogP contribution in [0.5, 0.6) is 0 Å². The fraction of sp³-hybridized carbons (Fsp3) is 0.294. The molecule has 1 saturated heterocycles. The third-order valence-electron chi connectivity index (χ3n) is 4.10. The van der Waals surface area contributed by atoms with E-state index < -0.39 is 0 Å². The highest BCUT2D eigenvalue weighted by molar-refractivity contribution is 5.95. The summed E-state index contributed by atoms with van der Waals surface area (Å²) in [5, 5.41) is 3.24. The van der Waals surface area contributed by atoms with Gasteiger partial charge in [0.1, 0.15) is 5.82 Å². The standard InChI is InChI=1S/C17H18FN3O2/c1-11-7-16(22)20-9-14(11)17(23)21-6-5-19-10-15(21)12-3-2-4-13(18)8-12/h2-4,7-9,15,19H,5-6,10H2,1H3,(H,20,22). The number of carbonyl (C=O) groups is 1. The average Bonchev–Trinajstić information content (AvgIpc) is 2.54. The lowest BCUT2D eigenvalue weighted by Gasteiger charge is -2.36. The first-order chi connectivity index (χ1) is 11.1. The van der Waals surface area contributed by atoms with E-state index in [0.29, 0.717) is 30.8 Å². The number of hydrogen-bond acceptors (Lipinski definition) is 3. The Balaban J connectivity index is 1.95. The molecule has 0 bridgehead atoms. The Morgan fingerprint density at radius 1 is 1.35 bits per heavy atom. The summed E-state index contributed by atoms with van der Waals surface area (Å²) in [5.74, 6) is -0.477.